The number of amides is 1. The van der Waals surface area contributed by atoms with Crippen molar-refractivity contribution in [2.24, 2.45) is 5.92 Å². The first-order valence-electron chi connectivity index (χ1n) is 13.9. The number of nitrogens with zero attached hydrogens (tertiary/aromatic N) is 3. The van der Waals surface area contributed by atoms with E-state index in [9.17, 15) is 9.59 Å². The molecule has 0 unspecified atom stereocenters. The zero-order valence-corrected chi connectivity index (χ0v) is 23.1. The largest absolute Gasteiger partial charge is 0.480 e. The number of carboxylic acids is 1. The van der Waals surface area contributed by atoms with E-state index in [0.717, 1.165) is 44.1 Å². The summed E-state index contributed by atoms with van der Waals surface area (Å²) in [5.41, 5.74) is 3.05. The highest BCUT2D eigenvalue weighted by molar-refractivity contribution is 5.70. The molecule has 2 aromatic rings. The number of hydrogen-bond donors (Lipinski definition) is 2. The number of carboxylic acid groups (broad SMARTS) is 1. The Hall–Kier alpha value is -3.13. The molecule has 2 saturated carbocycles. The summed E-state index contributed by atoms with van der Waals surface area (Å²) in [4.78, 5) is 26.4. The maximum Gasteiger partial charge on any atom is 0.410 e. The number of rotatable bonds is 10. The zero-order valence-electron chi connectivity index (χ0n) is 23.1. The van der Waals surface area contributed by atoms with Gasteiger partial charge in [-0.1, -0.05) is 48.9 Å². The van der Waals surface area contributed by atoms with Crippen LogP contribution in [0.15, 0.2) is 48.3 Å². The van der Waals surface area contributed by atoms with Crippen molar-refractivity contribution < 1.29 is 19.4 Å². The van der Waals surface area contributed by atoms with Crippen LogP contribution in [0.5, 0.6) is 0 Å². The molecule has 0 radical (unpaired) electrons. The number of ether oxygens (including phenoxy) is 1. The fourth-order valence-electron chi connectivity index (χ4n) is 5.54. The second kappa shape index (κ2) is 12.2. The molecule has 0 bridgehead atoms. The topological polar surface area (TPSA) is 96.7 Å². The molecule has 206 valence electrons. The van der Waals surface area contributed by atoms with E-state index >= 15 is 0 Å². The number of nitrogens with one attached hydrogen (secondary N) is 1. The molecular formula is C30H42N4O4. The highest BCUT2D eigenvalue weighted by Gasteiger charge is 2.49. The predicted molar refractivity (Wildman–Crippen MR) is 147 cm³/mol. The molecule has 2 fully saturated rings. The molecular weight excluding hydrogens is 480 g/mol. The highest BCUT2D eigenvalue weighted by Crippen LogP contribution is 2.46. The third-order valence-corrected chi connectivity index (χ3v) is 7.42. The quantitative estimate of drug-likeness (QED) is 0.428. The normalized spacial score (nSPS) is 23.6. The van der Waals surface area contributed by atoms with Gasteiger partial charge in [-0.2, -0.15) is 5.10 Å². The fraction of sp³-hybridized carbons (Fsp3) is 0.567. The second-order valence-electron chi connectivity index (χ2n) is 11.6. The number of hydrogen-bond acceptors (Lipinski definition) is 5. The van der Waals surface area contributed by atoms with E-state index in [1.807, 2.05) is 26.8 Å². The van der Waals surface area contributed by atoms with Crippen LogP contribution >= 0.6 is 0 Å². The van der Waals surface area contributed by atoms with E-state index in [1.165, 1.54) is 15.8 Å². The van der Waals surface area contributed by atoms with Crippen LogP contribution < -0.4 is 5.32 Å². The summed E-state index contributed by atoms with van der Waals surface area (Å²) in [6.45, 7) is 8.51. The molecule has 2 aliphatic carbocycles. The van der Waals surface area contributed by atoms with Crippen molar-refractivity contribution in [1.29, 1.82) is 0 Å². The van der Waals surface area contributed by atoms with Crippen molar-refractivity contribution in [2.45, 2.75) is 103 Å². The summed E-state index contributed by atoms with van der Waals surface area (Å²) in [6, 6.07) is 11.1. The van der Waals surface area contributed by atoms with Crippen molar-refractivity contribution >= 4 is 18.1 Å². The summed E-state index contributed by atoms with van der Waals surface area (Å²) in [5, 5.41) is 16.6. The summed E-state index contributed by atoms with van der Waals surface area (Å²) in [5.74, 6) is -0.522. The van der Waals surface area contributed by atoms with E-state index in [-0.39, 0.29) is 24.7 Å². The van der Waals surface area contributed by atoms with Gasteiger partial charge in [0.2, 0.25) is 0 Å². The Labute approximate surface area is 226 Å². The fourth-order valence-corrected chi connectivity index (χ4v) is 5.54. The van der Waals surface area contributed by atoms with E-state index in [0.29, 0.717) is 18.5 Å². The van der Waals surface area contributed by atoms with Gasteiger partial charge in [-0.3, -0.25) is 9.48 Å². The van der Waals surface area contributed by atoms with Crippen LogP contribution in [0.2, 0.25) is 0 Å². The van der Waals surface area contributed by atoms with Gasteiger partial charge < -0.3 is 20.1 Å². The van der Waals surface area contributed by atoms with E-state index < -0.39 is 11.6 Å². The Morgan fingerprint density at radius 3 is 2.53 bits per heavy atom. The Bertz CT molecular complexity index is 1110. The Balaban J connectivity index is 1.37. The van der Waals surface area contributed by atoms with E-state index in [2.05, 4.69) is 52.6 Å². The molecule has 4 rings (SSSR count). The first-order chi connectivity index (χ1) is 18.1. The van der Waals surface area contributed by atoms with Crippen molar-refractivity contribution in [3.05, 3.63) is 59.4 Å². The van der Waals surface area contributed by atoms with Crippen LogP contribution in [0.4, 0.5) is 4.79 Å². The van der Waals surface area contributed by atoms with E-state index in [1.54, 1.807) is 12.4 Å². The van der Waals surface area contributed by atoms with Gasteiger partial charge >= 0.3 is 12.1 Å². The van der Waals surface area contributed by atoms with Gasteiger partial charge in [0, 0.05) is 42.3 Å². The SMILES string of the molecule is CC/C(=C\c1ccccc1)[C@@H]1C[C@H]1N(C(=O)OC(C)(C)C)C1CCC(NCc2cnn(CC(=O)O)c2)CC1. The van der Waals surface area contributed by atoms with Crippen molar-refractivity contribution in [3.63, 3.8) is 0 Å². The molecule has 2 aliphatic rings. The van der Waals surface area contributed by atoms with Crippen LogP contribution in [0.3, 0.4) is 0 Å². The van der Waals surface area contributed by atoms with Crippen molar-refractivity contribution in [1.82, 2.24) is 20.0 Å². The molecule has 1 amide bonds. The number of carbonyl (C=O) groups is 2. The molecule has 1 aromatic heterocycles. The molecule has 0 saturated heterocycles. The Morgan fingerprint density at radius 2 is 1.89 bits per heavy atom. The predicted octanol–water partition coefficient (Wildman–Crippen LogP) is 5.49. The molecule has 0 spiro atoms. The zero-order chi connectivity index (χ0) is 27.3. The molecule has 8 heteroatoms. The van der Waals surface area contributed by atoms with Gasteiger partial charge in [-0.25, -0.2) is 4.79 Å². The molecule has 1 aromatic carbocycles. The van der Waals surface area contributed by atoms with Gasteiger partial charge in [-0.15, -0.1) is 0 Å². The third-order valence-electron chi connectivity index (χ3n) is 7.42. The van der Waals surface area contributed by atoms with Crippen LogP contribution in [0.25, 0.3) is 6.08 Å². The monoisotopic (exact) mass is 522 g/mol. The molecule has 38 heavy (non-hydrogen) atoms. The number of benzene rings is 1. The van der Waals surface area contributed by atoms with Crippen LogP contribution in [0.1, 0.15) is 77.3 Å². The third kappa shape index (κ3) is 7.69. The van der Waals surface area contributed by atoms with Crippen LogP contribution in [-0.2, 0) is 22.6 Å². The summed E-state index contributed by atoms with van der Waals surface area (Å²) in [7, 11) is 0. The molecule has 2 N–H and O–H groups in total. The summed E-state index contributed by atoms with van der Waals surface area (Å²) >= 11 is 0. The standard InChI is InChI=1S/C30H42N4O4/c1-5-23(15-21-9-7-6-8-10-21)26-16-27(26)34(29(37)38-30(2,3)4)25-13-11-24(12-14-25)31-17-22-18-32-33(19-22)20-28(35)36/h6-10,15,18-19,24-27,31H,5,11-14,16-17,20H2,1-4H3,(H,35,36)/b23-15+/t24?,25?,26-,27+/m0/s1. The summed E-state index contributed by atoms with van der Waals surface area (Å²) in [6.07, 6.45) is 11.4. The lowest BCUT2D eigenvalue weighted by molar-refractivity contribution is -0.137. The molecule has 8 nitrogen and oxygen atoms in total. The smallest absolute Gasteiger partial charge is 0.410 e. The Morgan fingerprint density at radius 1 is 1.18 bits per heavy atom. The lowest BCUT2D eigenvalue weighted by atomic mass is 9.89. The first kappa shape index (κ1) is 27.9. The molecule has 2 atom stereocenters. The van der Waals surface area contributed by atoms with Gasteiger partial charge in [0.15, 0.2) is 0 Å². The number of aliphatic carboxylic acids is 1. The number of carbonyl (C=O) groups excluding carboxylic acids is 1. The Kier molecular flexibility index (Phi) is 8.92. The average molecular weight is 523 g/mol. The second-order valence-corrected chi connectivity index (χ2v) is 11.6. The van der Waals surface area contributed by atoms with E-state index in [4.69, 9.17) is 9.84 Å². The lowest BCUT2D eigenvalue weighted by Gasteiger charge is -2.38. The van der Waals surface area contributed by atoms with Gasteiger partial charge in [0.25, 0.3) is 0 Å². The minimum absolute atomic E-state index is 0.131. The first-order valence-corrected chi connectivity index (χ1v) is 13.9. The number of aromatic nitrogens is 2. The van der Waals surface area contributed by atoms with Crippen molar-refractivity contribution in [2.75, 3.05) is 0 Å². The summed E-state index contributed by atoms with van der Waals surface area (Å²) < 4.78 is 7.34. The molecule has 0 aliphatic heterocycles. The minimum Gasteiger partial charge on any atom is -0.480 e. The van der Waals surface area contributed by atoms with Gasteiger partial charge in [0.1, 0.15) is 12.1 Å². The van der Waals surface area contributed by atoms with Crippen LogP contribution in [0, 0.1) is 5.92 Å². The average Bonchev–Trinajstić information content (AvgIpc) is 3.50. The van der Waals surface area contributed by atoms with Gasteiger partial charge in [-0.05, 0) is 64.9 Å². The van der Waals surface area contributed by atoms with Crippen molar-refractivity contribution in [3.8, 4) is 0 Å². The minimum atomic E-state index is -0.903. The maximum absolute atomic E-state index is 13.4. The maximum atomic E-state index is 13.4. The lowest BCUT2D eigenvalue weighted by Crippen LogP contribution is -2.48. The van der Waals surface area contributed by atoms with Crippen LogP contribution in [-0.4, -0.2) is 55.6 Å². The highest BCUT2D eigenvalue weighted by atomic mass is 16.6. The molecule has 1 heterocycles. The van der Waals surface area contributed by atoms with Gasteiger partial charge in [0.05, 0.1) is 6.20 Å².